The average Bonchev–Trinajstić information content (AvgIpc) is 1.52. The lowest BCUT2D eigenvalue weighted by atomic mass is 9.86. The summed E-state index contributed by atoms with van der Waals surface area (Å²) in [7, 11) is 0. The lowest BCUT2D eigenvalue weighted by Crippen LogP contribution is -2.18. The van der Waals surface area contributed by atoms with Gasteiger partial charge in [-0.15, -0.1) is 0 Å². The van der Waals surface area contributed by atoms with Gasteiger partial charge in [0.25, 0.3) is 0 Å². The van der Waals surface area contributed by atoms with Crippen molar-refractivity contribution >= 4 is 153 Å². The number of para-hydroxylation sites is 6. The van der Waals surface area contributed by atoms with E-state index in [1.165, 1.54) is 92.0 Å². The third-order valence-corrected chi connectivity index (χ3v) is 20.5. The molecule has 0 spiro atoms. The molecule has 0 fully saturated rings. The lowest BCUT2D eigenvalue weighted by molar-refractivity contribution is 0.590. The molecule has 19 rings (SSSR count). The maximum atomic E-state index is 2.57. The predicted octanol–water partition coefficient (Wildman–Crippen LogP) is 26.4. The molecule has 4 heterocycles. The fourth-order valence-corrected chi connectivity index (χ4v) is 16.1. The van der Waals surface area contributed by atoms with Crippen LogP contribution in [0.2, 0.25) is 0 Å². The maximum Gasteiger partial charge on any atom is 0.0619 e. The van der Waals surface area contributed by atoms with Gasteiger partial charge in [0, 0.05) is 77.0 Å². The minimum Gasteiger partial charge on any atom is -0.310 e. The molecular formula is C94H66N4. The summed E-state index contributed by atoms with van der Waals surface area (Å²) in [5.41, 5.74) is 18.5. The standard InChI is InChI=1S/C94H66N4/c1-94(2,3)63-56-66(95(86-48-22-18-32-68(86)61-28-6-4-7-29-61)64-52-54-80-74-38-14-10-34-70(74)72-36-12-16-40-76(72)82-44-26-46-84-78-42-20-24-50-88(78)97(92(82)84)90(80)59-64)58-67(57-63)96(87-49-23-19-33-69(87)62-30-8-5-9-31-62)65-53-55-81-75-39-15-11-35-71(75)73-37-13-17-41-77(73)83-45-27-47-85-79-43-21-25-51-89(79)98(93(83)85)91(81)60-65/h4-60H,1-3H3. The molecule has 0 bridgehead atoms. The molecule has 0 atom stereocenters. The van der Waals surface area contributed by atoms with E-state index in [9.17, 15) is 0 Å². The van der Waals surface area contributed by atoms with E-state index in [0.29, 0.717) is 0 Å². The second-order valence-electron chi connectivity index (χ2n) is 27.1. The third kappa shape index (κ3) is 8.99. The largest absolute Gasteiger partial charge is 0.310 e. The van der Waals surface area contributed by atoms with Crippen molar-refractivity contribution in [3.63, 3.8) is 0 Å². The minimum atomic E-state index is -0.315. The van der Waals surface area contributed by atoms with E-state index in [4.69, 9.17) is 0 Å². The molecule has 462 valence electrons. The van der Waals surface area contributed by atoms with Crippen LogP contribution in [0.4, 0.5) is 34.1 Å². The van der Waals surface area contributed by atoms with Crippen LogP contribution in [-0.2, 0) is 5.41 Å². The summed E-state index contributed by atoms with van der Waals surface area (Å²) in [6.07, 6.45) is 0. The molecule has 4 nitrogen and oxygen atoms in total. The molecule has 0 N–H and O–H groups in total. The summed E-state index contributed by atoms with van der Waals surface area (Å²) in [5, 5.41) is 19.2. The smallest absolute Gasteiger partial charge is 0.0619 e. The highest BCUT2D eigenvalue weighted by molar-refractivity contribution is 6.27. The zero-order valence-corrected chi connectivity index (χ0v) is 54.7. The minimum absolute atomic E-state index is 0.315. The molecule has 19 aromatic rings. The number of aromatic nitrogens is 2. The van der Waals surface area contributed by atoms with Crippen LogP contribution in [0.5, 0.6) is 0 Å². The average molecular weight is 1250 g/mol. The molecule has 15 aromatic carbocycles. The summed E-state index contributed by atoms with van der Waals surface area (Å²) >= 11 is 0. The molecule has 0 unspecified atom stereocenters. The Kier molecular flexibility index (Phi) is 13.1. The Morgan fingerprint density at radius 1 is 0.214 bits per heavy atom. The highest BCUT2D eigenvalue weighted by atomic mass is 15.2. The van der Waals surface area contributed by atoms with Crippen molar-refractivity contribution in [1.29, 1.82) is 0 Å². The Bertz CT molecular complexity index is 6160. The quantitative estimate of drug-likeness (QED) is 0.151. The maximum absolute atomic E-state index is 2.57. The highest BCUT2D eigenvalue weighted by Crippen LogP contribution is 2.50. The van der Waals surface area contributed by atoms with Gasteiger partial charge in [-0.1, -0.05) is 300 Å². The number of hydrogen-bond donors (Lipinski definition) is 0. The second kappa shape index (κ2) is 22.6. The van der Waals surface area contributed by atoms with Crippen molar-refractivity contribution in [2.24, 2.45) is 0 Å². The van der Waals surface area contributed by atoms with Crippen LogP contribution in [0.3, 0.4) is 0 Å². The first-order valence-electron chi connectivity index (χ1n) is 34.1. The van der Waals surface area contributed by atoms with E-state index in [1.807, 2.05) is 0 Å². The zero-order valence-electron chi connectivity index (χ0n) is 54.7. The number of anilines is 6. The van der Waals surface area contributed by atoms with Crippen molar-refractivity contribution in [3.8, 4) is 22.3 Å². The molecule has 0 radical (unpaired) electrons. The molecule has 0 aliphatic carbocycles. The van der Waals surface area contributed by atoms with Crippen LogP contribution in [-0.4, -0.2) is 8.80 Å². The van der Waals surface area contributed by atoms with E-state index < -0.39 is 0 Å². The lowest BCUT2D eigenvalue weighted by Gasteiger charge is -2.34. The van der Waals surface area contributed by atoms with Gasteiger partial charge in [0.2, 0.25) is 0 Å². The zero-order chi connectivity index (χ0) is 65.2. The van der Waals surface area contributed by atoms with Crippen LogP contribution >= 0.6 is 0 Å². The first-order chi connectivity index (χ1) is 48.3. The van der Waals surface area contributed by atoms with Gasteiger partial charge in [-0.2, -0.15) is 0 Å². The molecule has 98 heavy (non-hydrogen) atoms. The molecular weight excluding hydrogens is 1190 g/mol. The monoisotopic (exact) mass is 1250 g/mol. The van der Waals surface area contributed by atoms with Gasteiger partial charge in [-0.05, 0) is 132 Å². The Morgan fingerprint density at radius 3 is 0.878 bits per heavy atom. The van der Waals surface area contributed by atoms with Crippen molar-refractivity contribution in [2.45, 2.75) is 26.2 Å². The van der Waals surface area contributed by atoms with E-state index >= 15 is 0 Å². The molecule has 0 aliphatic rings. The molecule has 0 saturated heterocycles. The molecule has 0 aliphatic heterocycles. The Labute approximate surface area is 568 Å². The van der Waals surface area contributed by atoms with Crippen molar-refractivity contribution < 1.29 is 0 Å². The Morgan fingerprint density at radius 2 is 0.500 bits per heavy atom. The predicted molar refractivity (Wildman–Crippen MR) is 420 cm³/mol. The first kappa shape index (κ1) is 57.0. The van der Waals surface area contributed by atoms with Gasteiger partial charge >= 0.3 is 0 Å². The summed E-state index contributed by atoms with van der Waals surface area (Å²) < 4.78 is 5.13. The summed E-state index contributed by atoms with van der Waals surface area (Å²) in [5.74, 6) is 0. The van der Waals surface area contributed by atoms with Crippen LogP contribution < -0.4 is 9.80 Å². The number of nitrogens with zero attached hydrogens (tertiary/aromatic N) is 4. The van der Waals surface area contributed by atoms with E-state index in [0.717, 1.165) is 89.2 Å². The van der Waals surface area contributed by atoms with Crippen molar-refractivity contribution in [2.75, 3.05) is 9.80 Å². The van der Waals surface area contributed by atoms with Crippen LogP contribution in [0, 0.1) is 0 Å². The van der Waals surface area contributed by atoms with Crippen molar-refractivity contribution in [3.05, 3.63) is 351 Å². The topological polar surface area (TPSA) is 15.3 Å². The van der Waals surface area contributed by atoms with Gasteiger partial charge in [-0.3, -0.25) is 0 Å². The van der Waals surface area contributed by atoms with Gasteiger partial charge in [0.15, 0.2) is 0 Å². The fourth-order valence-electron chi connectivity index (χ4n) is 16.1. The third-order valence-electron chi connectivity index (χ3n) is 20.5. The molecule has 0 saturated carbocycles. The summed E-state index contributed by atoms with van der Waals surface area (Å²) in [4.78, 5) is 5.09. The second-order valence-corrected chi connectivity index (χ2v) is 27.1. The van der Waals surface area contributed by atoms with Crippen LogP contribution in [0.25, 0.3) is 142 Å². The van der Waals surface area contributed by atoms with Gasteiger partial charge in [0.1, 0.15) is 0 Å². The van der Waals surface area contributed by atoms with E-state index in [1.54, 1.807) is 0 Å². The number of hydrogen-bond acceptors (Lipinski definition) is 2. The molecule has 4 aromatic heterocycles. The number of rotatable bonds is 8. The van der Waals surface area contributed by atoms with E-state index in [2.05, 4.69) is 385 Å². The van der Waals surface area contributed by atoms with Crippen LogP contribution in [0.1, 0.15) is 26.3 Å². The SMILES string of the molecule is CC(C)(C)c1cc(N(c2ccc3c4ccccc4c4ccccc4c4cccc5c6ccccc6n(c3c2)c45)c2ccccc2-c2ccccc2)cc(N(c2ccc3c4ccccc4c4ccccc4c4cccc5c6ccccc6n(c3c2)c45)c2ccccc2-c2ccccc2)c1. The van der Waals surface area contributed by atoms with Crippen LogP contribution in [0.15, 0.2) is 346 Å². The van der Waals surface area contributed by atoms with Gasteiger partial charge < -0.3 is 18.6 Å². The van der Waals surface area contributed by atoms with Crippen molar-refractivity contribution in [1.82, 2.24) is 8.80 Å². The first-order valence-corrected chi connectivity index (χ1v) is 34.1. The number of fused-ring (bicyclic) bond motifs is 20. The summed E-state index contributed by atoms with van der Waals surface area (Å²) in [6.45, 7) is 7.06. The Balaban J connectivity index is 0.960. The molecule has 0 amide bonds. The summed E-state index contributed by atoms with van der Waals surface area (Å²) in [6, 6.07) is 129. The highest BCUT2D eigenvalue weighted by Gasteiger charge is 2.28. The van der Waals surface area contributed by atoms with E-state index in [-0.39, 0.29) is 5.41 Å². The number of benzene rings is 15. The fraction of sp³-hybridized carbons (Fsp3) is 0.0426. The Hall–Kier alpha value is -12.5. The van der Waals surface area contributed by atoms with Gasteiger partial charge in [0.05, 0.1) is 44.5 Å². The van der Waals surface area contributed by atoms with Gasteiger partial charge in [-0.25, -0.2) is 0 Å². The molecule has 4 heteroatoms. The normalized spacial score (nSPS) is 12.0.